The predicted molar refractivity (Wildman–Crippen MR) is 68.5 cm³/mol. The number of amides is 1. The fourth-order valence-electron chi connectivity index (χ4n) is 1.94. The number of nitrogens with one attached hydrogen (secondary N) is 2. The summed E-state index contributed by atoms with van der Waals surface area (Å²) >= 11 is 0. The third-order valence-corrected chi connectivity index (χ3v) is 2.76. The molecule has 1 unspecified atom stereocenters. The molecule has 1 atom stereocenters. The number of fused-ring (bicyclic) bond motifs is 1. The number of nitrogens with zero attached hydrogens (tertiary/aromatic N) is 1. The molecule has 106 valence electrons. The van der Waals surface area contributed by atoms with Crippen molar-refractivity contribution in [3.8, 4) is 0 Å². The summed E-state index contributed by atoms with van der Waals surface area (Å²) in [5.41, 5.74) is -0.336. The molecule has 8 nitrogen and oxygen atoms in total. The van der Waals surface area contributed by atoms with Crippen LogP contribution >= 0.6 is 0 Å². The average molecular weight is 279 g/mol. The summed E-state index contributed by atoms with van der Waals surface area (Å²) < 4.78 is 5.26. The predicted octanol–water partition coefficient (Wildman–Crippen LogP) is 0.418. The molecular formula is C12H13N3O5. The van der Waals surface area contributed by atoms with Crippen LogP contribution in [0.1, 0.15) is 29.5 Å². The van der Waals surface area contributed by atoms with Gasteiger partial charge in [-0.2, -0.15) is 0 Å². The fraction of sp³-hybridized carbons (Fsp3) is 0.333. The first-order valence-corrected chi connectivity index (χ1v) is 5.89. The van der Waals surface area contributed by atoms with Crippen LogP contribution in [0.3, 0.4) is 0 Å². The van der Waals surface area contributed by atoms with Gasteiger partial charge in [-0.05, 0) is 13.8 Å². The zero-order chi connectivity index (χ0) is 14.9. The maximum atomic E-state index is 12.1. The van der Waals surface area contributed by atoms with Crippen LogP contribution in [0.15, 0.2) is 15.5 Å². The van der Waals surface area contributed by atoms with E-state index in [9.17, 15) is 14.4 Å². The lowest BCUT2D eigenvalue weighted by molar-refractivity contribution is -0.137. The first-order chi connectivity index (χ1) is 9.40. The third-order valence-electron chi connectivity index (χ3n) is 2.76. The van der Waals surface area contributed by atoms with Crippen LogP contribution in [-0.2, 0) is 4.79 Å². The normalized spacial score (nSPS) is 12.3. The number of carboxylic acid groups (broad SMARTS) is 1. The smallest absolute Gasteiger partial charge is 0.305 e. The molecule has 0 saturated heterocycles. The number of aryl methyl sites for hydroxylation is 1. The summed E-state index contributed by atoms with van der Waals surface area (Å²) in [5, 5.41) is 11.2. The van der Waals surface area contributed by atoms with E-state index in [0.29, 0.717) is 0 Å². The van der Waals surface area contributed by atoms with Gasteiger partial charge in [0.1, 0.15) is 11.1 Å². The molecule has 1 amide bonds. The van der Waals surface area contributed by atoms with Gasteiger partial charge in [-0.1, -0.05) is 0 Å². The van der Waals surface area contributed by atoms with Crippen molar-refractivity contribution < 1.29 is 19.1 Å². The van der Waals surface area contributed by atoms with Gasteiger partial charge in [-0.15, -0.1) is 0 Å². The van der Waals surface area contributed by atoms with E-state index in [1.54, 1.807) is 6.92 Å². The molecule has 2 heterocycles. The Morgan fingerprint density at radius 3 is 2.90 bits per heavy atom. The van der Waals surface area contributed by atoms with Gasteiger partial charge in [0, 0.05) is 6.04 Å². The molecule has 2 rings (SSSR count). The molecule has 0 radical (unpaired) electrons. The molecule has 0 aromatic carbocycles. The van der Waals surface area contributed by atoms with Gasteiger partial charge in [-0.25, -0.2) is 4.98 Å². The van der Waals surface area contributed by atoms with Crippen molar-refractivity contribution in [2.45, 2.75) is 26.3 Å². The number of carboxylic acids is 1. The second-order valence-corrected chi connectivity index (χ2v) is 4.42. The molecule has 0 aliphatic heterocycles. The Morgan fingerprint density at radius 1 is 1.55 bits per heavy atom. The van der Waals surface area contributed by atoms with Gasteiger partial charge in [0.15, 0.2) is 0 Å². The SMILES string of the molecule is Cc1oc2nc[nH]c(=O)c2c1C(=O)NC(C)CC(=O)O. The van der Waals surface area contributed by atoms with Crippen molar-refractivity contribution in [1.82, 2.24) is 15.3 Å². The first-order valence-electron chi connectivity index (χ1n) is 5.89. The second-order valence-electron chi connectivity index (χ2n) is 4.42. The number of aromatic nitrogens is 2. The molecule has 2 aromatic rings. The van der Waals surface area contributed by atoms with Crippen molar-refractivity contribution in [3.63, 3.8) is 0 Å². The monoisotopic (exact) mass is 279 g/mol. The molecule has 2 aromatic heterocycles. The molecule has 0 saturated carbocycles. The standard InChI is InChI=1S/C12H13N3O5/c1-5(3-7(16)17)15-11(19)8-6(2)20-12-9(8)10(18)13-4-14-12/h4-5H,3H2,1-2H3,(H,15,19)(H,16,17)(H,13,14,18). The van der Waals surface area contributed by atoms with E-state index in [1.807, 2.05) is 0 Å². The van der Waals surface area contributed by atoms with Crippen molar-refractivity contribution in [3.05, 3.63) is 28.0 Å². The molecule has 3 N–H and O–H groups in total. The van der Waals surface area contributed by atoms with Crippen molar-refractivity contribution in [1.29, 1.82) is 0 Å². The molecule has 0 aliphatic rings. The highest BCUT2D eigenvalue weighted by molar-refractivity contribution is 6.06. The second kappa shape index (κ2) is 5.16. The van der Waals surface area contributed by atoms with E-state index in [-0.39, 0.29) is 28.8 Å². The summed E-state index contributed by atoms with van der Waals surface area (Å²) in [6, 6.07) is -0.569. The van der Waals surface area contributed by atoms with E-state index >= 15 is 0 Å². The van der Waals surface area contributed by atoms with Crippen LogP contribution in [0, 0.1) is 6.92 Å². The van der Waals surface area contributed by atoms with Crippen LogP contribution in [0.5, 0.6) is 0 Å². The summed E-state index contributed by atoms with van der Waals surface area (Å²) in [7, 11) is 0. The Morgan fingerprint density at radius 2 is 2.25 bits per heavy atom. The van der Waals surface area contributed by atoms with Crippen LogP contribution < -0.4 is 10.9 Å². The molecule has 0 spiro atoms. The van der Waals surface area contributed by atoms with Crippen molar-refractivity contribution in [2.24, 2.45) is 0 Å². The Labute approximate surface area is 112 Å². The fourth-order valence-corrected chi connectivity index (χ4v) is 1.94. The number of rotatable bonds is 4. The first kappa shape index (κ1) is 13.8. The lowest BCUT2D eigenvalue weighted by Crippen LogP contribution is -2.34. The number of aromatic amines is 1. The highest BCUT2D eigenvalue weighted by atomic mass is 16.4. The molecular weight excluding hydrogens is 266 g/mol. The lowest BCUT2D eigenvalue weighted by Gasteiger charge is -2.10. The maximum Gasteiger partial charge on any atom is 0.305 e. The molecule has 0 bridgehead atoms. The van der Waals surface area contributed by atoms with E-state index in [4.69, 9.17) is 9.52 Å². The number of hydrogen-bond donors (Lipinski definition) is 3. The zero-order valence-corrected chi connectivity index (χ0v) is 10.9. The van der Waals surface area contributed by atoms with E-state index in [2.05, 4.69) is 15.3 Å². The minimum atomic E-state index is -1.02. The van der Waals surface area contributed by atoms with E-state index in [1.165, 1.54) is 13.3 Å². The van der Waals surface area contributed by atoms with Gasteiger partial charge in [0.05, 0.1) is 18.3 Å². The maximum absolute atomic E-state index is 12.1. The molecule has 0 aliphatic carbocycles. The zero-order valence-electron chi connectivity index (χ0n) is 10.9. The van der Waals surface area contributed by atoms with Crippen LogP contribution in [0.25, 0.3) is 11.1 Å². The number of carbonyl (C=O) groups excluding carboxylic acids is 1. The highest BCUT2D eigenvalue weighted by Crippen LogP contribution is 2.20. The Hall–Kier alpha value is -2.64. The van der Waals surface area contributed by atoms with Crippen LogP contribution in [-0.4, -0.2) is 33.0 Å². The Kier molecular flexibility index (Phi) is 3.55. The average Bonchev–Trinajstić information content (AvgIpc) is 2.65. The molecule has 0 fully saturated rings. The Bertz CT molecular complexity index is 730. The molecule has 8 heteroatoms. The largest absolute Gasteiger partial charge is 0.481 e. The van der Waals surface area contributed by atoms with Crippen LogP contribution in [0.4, 0.5) is 0 Å². The lowest BCUT2D eigenvalue weighted by atomic mass is 10.1. The van der Waals surface area contributed by atoms with Gasteiger partial charge >= 0.3 is 5.97 Å². The molecule has 20 heavy (non-hydrogen) atoms. The number of H-pyrrole nitrogens is 1. The minimum absolute atomic E-state index is 0.0602. The topological polar surface area (TPSA) is 125 Å². The highest BCUT2D eigenvalue weighted by Gasteiger charge is 2.23. The van der Waals surface area contributed by atoms with Gasteiger partial charge in [-0.3, -0.25) is 14.4 Å². The van der Waals surface area contributed by atoms with E-state index in [0.717, 1.165) is 0 Å². The Balaban J connectivity index is 2.38. The van der Waals surface area contributed by atoms with Gasteiger partial charge in [0.25, 0.3) is 11.5 Å². The van der Waals surface area contributed by atoms with Crippen molar-refractivity contribution >= 4 is 23.0 Å². The van der Waals surface area contributed by atoms with Gasteiger partial charge in [0.2, 0.25) is 5.71 Å². The quantitative estimate of drug-likeness (QED) is 0.744. The minimum Gasteiger partial charge on any atom is -0.481 e. The summed E-state index contributed by atoms with van der Waals surface area (Å²) in [4.78, 5) is 40.7. The van der Waals surface area contributed by atoms with Crippen molar-refractivity contribution in [2.75, 3.05) is 0 Å². The summed E-state index contributed by atoms with van der Waals surface area (Å²) in [6.07, 6.45) is 0.970. The number of aliphatic carboxylic acids is 1. The number of hydrogen-bond acceptors (Lipinski definition) is 5. The summed E-state index contributed by atoms with van der Waals surface area (Å²) in [5.74, 6) is -1.33. The van der Waals surface area contributed by atoms with Gasteiger partial charge < -0.3 is 19.8 Å². The number of carbonyl (C=O) groups is 2. The van der Waals surface area contributed by atoms with E-state index < -0.39 is 23.5 Å². The van der Waals surface area contributed by atoms with Crippen LogP contribution in [0.2, 0.25) is 0 Å². The third kappa shape index (κ3) is 2.53. The summed E-state index contributed by atoms with van der Waals surface area (Å²) in [6.45, 7) is 3.10. The number of furan rings is 1.